The van der Waals surface area contributed by atoms with Crippen LogP contribution >= 0.6 is 7.92 Å². The maximum absolute atomic E-state index is 12.7. The molecule has 0 aliphatic rings. The Morgan fingerprint density at radius 3 is 1.69 bits per heavy atom. The molecule has 0 bridgehead atoms. The molecule has 0 spiro atoms. The van der Waals surface area contributed by atoms with Crippen LogP contribution in [0, 0.1) is 48.5 Å². The molecular formula is C27H33O6PS2. The Kier molecular flexibility index (Phi) is 8.19. The summed E-state index contributed by atoms with van der Waals surface area (Å²) in [7, 11) is -8.32. The van der Waals surface area contributed by atoms with E-state index in [2.05, 4.69) is 26.0 Å². The van der Waals surface area contributed by atoms with Crippen molar-refractivity contribution in [3.63, 3.8) is 0 Å². The van der Waals surface area contributed by atoms with E-state index in [1.807, 2.05) is 40.7 Å². The second-order valence-corrected chi connectivity index (χ2v) is 14.6. The van der Waals surface area contributed by atoms with Gasteiger partial charge < -0.3 is 0 Å². The fourth-order valence-corrected chi connectivity index (χ4v) is 9.02. The second-order valence-electron chi connectivity index (χ2n) is 9.35. The zero-order valence-corrected chi connectivity index (χ0v) is 24.5. The van der Waals surface area contributed by atoms with Crippen LogP contribution in [-0.2, 0) is 30.2 Å². The van der Waals surface area contributed by atoms with Gasteiger partial charge in [0.2, 0.25) is 0 Å². The summed E-state index contributed by atoms with van der Waals surface area (Å²) in [5, 5.41) is 2.86. The minimum Gasteiger partial charge on any atom is -0.285 e. The number of hydrogen-bond acceptors (Lipinski definition) is 5. The largest absolute Gasteiger partial charge is 0.296 e. The Morgan fingerprint density at radius 1 is 0.694 bits per heavy atom. The summed E-state index contributed by atoms with van der Waals surface area (Å²) >= 11 is 0. The van der Waals surface area contributed by atoms with Crippen LogP contribution in [0.2, 0.25) is 0 Å². The molecule has 0 aliphatic heterocycles. The molecule has 0 amide bonds. The maximum atomic E-state index is 12.7. The molecule has 6 nitrogen and oxygen atoms in total. The van der Waals surface area contributed by atoms with Crippen LogP contribution < -0.4 is 15.9 Å². The van der Waals surface area contributed by atoms with Gasteiger partial charge in [-0.15, -0.1) is 0 Å². The van der Waals surface area contributed by atoms with Gasteiger partial charge in [0.15, 0.2) is 0 Å². The normalized spacial score (nSPS) is 13.1. The smallest absolute Gasteiger partial charge is 0.285 e. The Labute approximate surface area is 216 Å². The van der Waals surface area contributed by atoms with Crippen LogP contribution in [0.4, 0.5) is 0 Å². The summed E-state index contributed by atoms with van der Waals surface area (Å²) in [6.45, 7) is 13.9. The highest BCUT2D eigenvalue weighted by molar-refractivity contribution is 7.87. The van der Waals surface area contributed by atoms with E-state index in [9.17, 15) is 21.4 Å². The quantitative estimate of drug-likeness (QED) is 0.268. The molecule has 3 rings (SSSR count). The predicted octanol–water partition coefficient (Wildman–Crippen LogP) is 4.33. The minimum atomic E-state index is -4.23. The second kappa shape index (κ2) is 10.3. The fraction of sp³-hybridized carbons (Fsp3) is 0.333. The Balaban J connectivity index is 2.50. The van der Waals surface area contributed by atoms with E-state index in [4.69, 9.17) is 4.18 Å². The summed E-state index contributed by atoms with van der Waals surface area (Å²) < 4.78 is 63.2. The maximum Gasteiger partial charge on any atom is 0.296 e. The van der Waals surface area contributed by atoms with Crippen LogP contribution in [0.5, 0.6) is 0 Å². The number of rotatable bonds is 7. The first-order chi connectivity index (χ1) is 16.6. The monoisotopic (exact) mass is 548 g/mol. The molecule has 0 radical (unpaired) electrons. The first-order valence-corrected chi connectivity index (χ1v) is 15.8. The van der Waals surface area contributed by atoms with Crippen LogP contribution in [0.15, 0.2) is 41.3 Å². The van der Waals surface area contributed by atoms with Crippen LogP contribution in [0.3, 0.4) is 0 Å². The molecule has 194 valence electrons. The highest BCUT2D eigenvalue weighted by Crippen LogP contribution is 2.40. The highest BCUT2D eigenvalue weighted by atomic mass is 32.2. The third-order valence-corrected chi connectivity index (χ3v) is 11.5. The predicted molar refractivity (Wildman–Crippen MR) is 148 cm³/mol. The Bertz CT molecular complexity index is 1560. The summed E-state index contributed by atoms with van der Waals surface area (Å²) in [5.41, 5.74) is 7.47. The topological polar surface area (TPSA) is 97.7 Å². The van der Waals surface area contributed by atoms with Gasteiger partial charge in [-0.25, -0.2) is 0 Å². The fourth-order valence-electron chi connectivity index (χ4n) is 4.36. The lowest BCUT2D eigenvalue weighted by atomic mass is 10.1. The number of hydrogen-bond donors (Lipinski definition) is 1. The lowest BCUT2D eigenvalue weighted by Gasteiger charge is -2.28. The molecule has 0 saturated carbocycles. The van der Waals surface area contributed by atoms with Gasteiger partial charge in [0.1, 0.15) is 5.75 Å². The van der Waals surface area contributed by atoms with Gasteiger partial charge in [-0.2, -0.15) is 16.8 Å². The lowest BCUT2D eigenvalue weighted by Crippen LogP contribution is -2.28. The van der Waals surface area contributed by atoms with Crippen molar-refractivity contribution in [3.05, 3.63) is 80.9 Å². The first kappa shape index (κ1) is 28.5. The summed E-state index contributed by atoms with van der Waals surface area (Å²) in [6, 6.07) is 11.2. The molecule has 3 aromatic carbocycles. The molecule has 36 heavy (non-hydrogen) atoms. The molecule has 0 heterocycles. The molecule has 0 saturated heterocycles. The van der Waals surface area contributed by atoms with Crippen molar-refractivity contribution in [1.29, 1.82) is 0 Å². The van der Waals surface area contributed by atoms with Crippen molar-refractivity contribution < 1.29 is 25.6 Å². The van der Waals surface area contributed by atoms with Gasteiger partial charge in [0.05, 0.1) is 12.0 Å². The van der Waals surface area contributed by atoms with Crippen LogP contribution in [0.25, 0.3) is 0 Å². The van der Waals surface area contributed by atoms with E-state index in [1.54, 1.807) is 18.2 Å². The standard InChI is InChI=1S/C27H33O6PS2/c1-16-9-17(2)20(5)25(10-16)34(26-13-23(15-35(28,29)30)11-18(3)21(26)6)27-14-24(36(31,32)33-8)12-19(4)22(27)7/h9-14H,15H2,1-8H3,(H,28,29,30). The van der Waals surface area contributed by atoms with Crippen molar-refractivity contribution in [2.75, 3.05) is 7.11 Å². The van der Waals surface area contributed by atoms with Crippen molar-refractivity contribution in [2.45, 2.75) is 59.1 Å². The van der Waals surface area contributed by atoms with Gasteiger partial charge >= 0.3 is 0 Å². The van der Waals surface area contributed by atoms with Crippen molar-refractivity contribution >= 4 is 44.1 Å². The number of benzene rings is 3. The van der Waals surface area contributed by atoms with Gasteiger partial charge in [0.25, 0.3) is 20.2 Å². The van der Waals surface area contributed by atoms with Crippen LogP contribution in [-0.4, -0.2) is 28.5 Å². The average molecular weight is 549 g/mol. The molecule has 0 fully saturated rings. The van der Waals surface area contributed by atoms with Gasteiger partial charge in [-0.1, -0.05) is 23.8 Å². The van der Waals surface area contributed by atoms with E-state index in [1.165, 1.54) is 0 Å². The summed E-state index contributed by atoms with van der Waals surface area (Å²) in [5.74, 6) is -0.494. The molecular weight excluding hydrogens is 515 g/mol. The van der Waals surface area contributed by atoms with Gasteiger partial charge in [0, 0.05) is 0 Å². The average Bonchev–Trinajstić information content (AvgIpc) is 2.76. The summed E-state index contributed by atoms with van der Waals surface area (Å²) in [6.07, 6.45) is 0. The molecule has 0 aromatic heterocycles. The van der Waals surface area contributed by atoms with E-state index in [0.29, 0.717) is 5.56 Å². The zero-order valence-electron chi connectivity index (χ0n) is 21.9. The van der Waals surface area contributed by atoms with Crippen LogP contribution in [0.1, 0.15) is 44.5 Å². The summed E-state index contributed by atoms with van der Waals surface area (Å²) in [4.78, 5) is 0.0843. The minimum absolute atomic E-state index is 0.0843. The van der Waals surface area contributed by atoms with Gasteiger partial charge in [-0.05, 0) is 129 Å². The SMILES string of the molecule is COS(=O)(=O)c1cc(C)c(C)c(P(c2cc(C)cc(C)c2C)c2cc(CS(=O)(=O)O)cc(C)c2C)c1. The molecule has 1 N–H and O–H groups in total. The lowest BCUT2D eigenvalue weighted by molar-refractivity contribution is 0.397. The Morgan fingerprint density at radius 2 is 1.17 bits per heavy atom. The third-order valence-electron chi connectivity index (χ3n) is 6.68. The van der Waals surface area contributed by atoms with Crippen molar-refractivity contribution in [2.24, 2.45) is 0 Å². The number of aryl methyl sites for hydroxylation is 4. The molecule has 0 aliphatic carbocycles. The highest BCUT2D eigenvalue weighted by Gasteiger charge is 2.27. The zero-order chi connectivity index (χ0) is 27.2. The van der Waals surface area contributed by atoms with E-state index in [-0.39, 0.29) is 4.90 Å². The third kappa shape index (κ3) is 5.90. The molecule has 1 atom stereocenters. The van der Waals surface area contributed by atoms with E-state index >= 15 is 0 Å². The van der Waals surface area contributed by atoms with Crippen molar-refractivity contribution in [3.8, 4) is 0 Å². The van der Waals surface area contributed by atoms with E-state index < -0.39 is 33.9 Å². The molecule has 9 heteroatoms. The van der Waals surface area contributed by atoms with Gasteiger partial charge in [-0.3, -0.25) is 8.74 Å². The molecule has 1 unspecified atom stereocenters. The van der Waals surface area contributed by atoms with E-state index in [0.717, 1.165) is 62.0 Å². The first-order valence-electron chi connectivity index (χ1n) is 11.4. The Hall–Kier alpha value is -2.09. The molecule has 3 aromatic rings. The van der Waals surface area contributed by atoms with Crippen molar-refractivity contribution in [1.82, 2.24) is 0 Å².